The monoisotopic (exact) mass is 326 g/mol. The molecule has 0 radical (unpaired) electrons. The molecule has 126 valence electrons. The summed E-state index contributed by atoms with van der Waals surface area (Å²) in [5.74, 6) is -0.882. The van der Waals surface area contributed by atoms with Crippen LogP contribution < -0.4 is 11.1 Å². The maximum Gasteiger partial charge on any atom is 0.338 e. The van der Waals surface area contributed by atoms with Crippen molar-refractivity contribution < 1.29 is 14.3 Å². The average Bonchev–Trinajstić information content (AvgIpc) is 2.57. The summed E-state index contributed by atoms with van der Waals surface area (Å²) in [4.78, 5) is 24.6. The maximum atomic E-state index is 12.4. The summed E-state index contributed by atoms with van der Waals surface area (Å²) >= 11 is 0. The standard InChI is InChI=1S/C19H22N2O3/c1-4-17(24-19(23)14-8-10-15(20)11-9-14)18(22)21-16-7-5-6-12(2)13(16)3/h5-11,17H,4,20H2,1-3H3,(H,21,22). The second-order valence-electron chi connectivity index (χ2n) is 5.66. The molecule has 0 saturated heterocycles. The third-order valence-electron chi connectivity index (χ3n) is 3.92. The van der Waals surface area contributed by atoms with Crippen LogP contribution in [0.1, 0.15) is 34.8 Å². The van der Waals surface area contributed by atoms with E-state index in [0.29, 0.717) is 17.7 Å². The minimum absolute atomic E-state index is 0.338. The van der Waals surface area contributed by atoms with Crippen LogP contribution in [0, 0.1) is 13.8 Å². The Bertz CT molecular complexity index is 739. The van der Waals surface area contributed by atoms with Crippen molar-refractivity contribution >= 4 is 23.3 Å². The van der Waals surface area contributed by atoms with Crippen LogP contribution in [0.3, 0.4) is 0 Å². The molecule has 0 fully saturated rings. The van der Waals surface area contributed by atoms with Gasteiger partial charge >= 0.3 is 5.97 Å². The van der Waals surface area contributed by atoms with Gasteiger partial charge in [0.2, 0.25) is 0 Å². The van der Waals surface area contributed by atoms with Gasteiger partial charge in [0.25, 0.3) is 5.91 Å². The highest BCUT2D eigenvalue weighted by atomic mass is 16.5. The van der Waals surface area contributed by atoms with E-state index in [4.69, 9.17) is 10.5 Å². The van der Waals surface area contributed by atoms with Crippen molar-refractivity contribution in [2.75, 3.05) is 11.1 Å². The molecule has 24 heavy (non-hydrogen) atoms. The summed E-state index contributed by atoms with van der Waals surface area (Å²) in [5, 5.41) is 2.83. The van der Waals surface area contributed by atoms with E-state index in [1.54, 1.807) is 31.2 Å². The highest BCUT2D eigenvalue weighted by Gasteiger charge is 2.22. The minimum Gasteiger partial charge on any atom is -0.449 e. The normalized spacial score (nSPS) is 11.6. The predicted molar refractivity (Wildman–Crippen MR) is 94.9 cm³/mol. The van der Waals surface area contributed by atoms with Gasteiger partial charge in [-0.2, -0.15) is 0 Å². The smallest absolute Gasteiger partial charge is 0.338 e. The lowest BCUT2D eigenvalue weighted by atomic mass is 10.1. The summed E-state index contributed by atoms with van der Waals surface area (Å²) in [6.45, 7) is 5.71. The third-order valence-corrected chi connectivity index (χ3v) is 3.92. The van der Waals surface area contributed by atoms with Crippen molar-refractivity contribution in [1.29, 1.82) is 0 Å². The molecular weight excluding hydrogens is 304 g/mol. The fourth-order valence-corrected chi connectivity index (χ4v) is 2.24. The maximum absolute atomic E-state index is 12.4. The Kier molecular flexibility index (Phi) is 5.58. The summed E-state index contributed by atoms with van der Waals surface area (Å²) < 4.78 is 5.34. The zero-order chi connectivity index (χ0) is 17.7. The van der Waals surface area contributed by atoms with Gasteiger partial charge in [0.15, 0.2) is 6.10 Å². The van der Waals surface area contributed by atoms with Gasteiger partial charge < -0.3 is 15.8 Å². The number of carbonyl (C=O) groups is 2. The number of nitrogens with two attached hydrogens (primary N) is 1. The lowest BCUT2D eigenvalue weighted by Gasteiger charge is -2.17. The number of esters is 1. The van der Waals surface area contributed by atoms with Crippen LogP contribution in [-0.4, -0.2) is 18.0 Å². The summed E-state index contributed by atoms with van der Waals surface area (Å²) in [7, 11) is 0. The second kappa shape index (κ2) is 7.64. The van der Waals surface area contributed by atoms with E-state index in [1.165, 1.54) is 0 Å². The van der Waals surface area contributed by atoms with Gasteiger partial charge in [-0.1, -0.05) is 19.1 Å². The molecule has 1 atom stereocenters. The van der Waals surface area contributed by atoms with Crippen LogP contribution in [0.4, 0.5) is 11.4 Å². The van der Waals surface area contributed by atoms with Gasteiger partial charge in [-0.3, -0.25) is 4.79 Å². The number of anilines is 2. The number of ether oxygens (including phenoxy) is 1. The van der Waals surface area contributed by atoms with Crippen LogP contribution in [0.2, 0.25) is 0 Å². The number of nitrogens with one attached hydrogen (secondary N) is 1. The van der Waals surface area contributed by atoms with Crippen molar-refractivity contribution in [2.24, 2.45) is 0 Å². The van der Waals surface area contributed by atoms with Crippen LogP contribution in [0.5, 0.6) is 0 Å². The first-order valence-corrected chi connectivity index (χ1v) is 7.86. The van der Waals surface area contributed by atoms with Gasteiger partial charge in [0.1, 0.15) is 0 Å². The van der Waals surface area contributed by atoms with E-state index < -0.39 is 12.1 Å². The summed E-state index contributed by atoms with van der Waals surface area (Å²) in [5.41, 5.74) is 9.32. The van der Waals surface area contributed by atoms with Gasteiger partial charge in [0.05, 0.1) is 5.56 Å². The highest BCUT2D eigenvalue weighted by Crippen LogP contribution is 2.19. The minimum atomic E-state index is -0.852. The van der Waals surface area contributed by atoms with Crippen LogP contribution in [0.25, 0.3) is 0 Å². The molecule has 1 amide bonds. The molecule has 2 aromatic carbocycles. The zero-order valence-electron chi connectivity index (χ0n) is 14.1. The van der Waals surface area contributed by atoms with Crippen LogP contribution >= 0.6 is 0 Å². The molecule has 5 heteroatoms. The molecule has 0 spiro atoms. The van der Waals surface area contributed by atoms with E-state index in [1.807, 2.05) is 32.0 Å². The molecule has 0 aliphatic carbocycles. The molecule has 5 nitrogen and oxygen atoms in total. The lowest BCUT2D eigenvalue weighted by molar-refractivity contribution is -0.124. The van der Waals surface area contributed by atoms with Crippen molar-refractivity contribution in [3.05, 3.63) is 59.2 Å². The fourth-order valence-electron chi connectivity index (χ4n) is 2.24. The van der Waals surface area contributed by atoms with Gasteiger partial charge in [-0.25, -0.2) is 4.79 Å². The number of rotatable bonds is 5. The molecule has 0 aromatic heterocycles. The molecule has 2 rings (SSSR count). The Morgan fingerprint density at radius 2 is 1.79 bits per heavy atom. The number of carbonyl (C=O) groups excluding carboxylic acids is 2. The molecule has 2 aromatic rings. The molecule has 0 bridgehead atoms. The van der Waals surface area contributed by atoms with E-state index in [0.717, 1.165) is 16.8 Å². The molecule has 3 N–H and O–H groups in total. The molecule has 0 aliphatic rings. The zero-order valence-corrected chi connectivity index (χ0v) is 14.1. The third kappa shape index (κ3) is 4.13. The molecule has 1 unspecified atom stereocenters. The average molecular weight is 326 g/mol. The van der Waals surface area contributed by atoms with Gasteiger partial charge in [-0.15, -0.1) is 0 Å². The van der Waals surface area contributed by atoms with Gasteiger partial charge in [-0.05, 0) is 61.7 Å². The Labute approximate surface area is 141 Å². The van der Waals surface area contributed by atoms with Crippen molar-refractivity contribution in [3.8, 4) is 0 Å². The first-order chi connectivity index (χ1) is 11.4. The van der Waals surface area contributed by atoms with E-state index in [2.05, 4.69) is 5.32 Å². The summed E-state index contributed by atoms with van der Waals surface area (Å²) in [6, 6.07) is 12.1. The number of nitrogen functional groups attached to an aromatic ring is 1. The molecule has 0 aliphatic heterocycles. The Morgan fingerprint density at radius 1 is 1.12 bits per heavy atom. The lowest BCUT2D eigenvalue weighted by Crippen LogP contribution is -2.32. The largest absolute Gasteiger partial charge is 0.449 e. The molecular formula is C19H22N2O3. The number of benzene rings is 2. The number of amides is 1. The van der Waals surface area contributed by atoms with Crippen molar-refractivity contribution in [2.45, 2.75) is 33.3 Å². The topological polar surface area (TPSA) is 81.4 Å². The fraction of sp³-hybridized carbons (Fsp3) is 0.263. The second-order valence-corrected chi connectivity index (χ2v) is 5.66. The van der Waals surface area contributed by atoms with E-state index in [9.17, 15) is 9.59 Å². The molecule has 0 heterocycles. The van der Waals surface area contributed by atoms with Crippen molar-refractivity contribution in [3.63, 3.8) is 0 Å². The van der Waals surface area contributed by atoms with E-state index >= 15 is 0 Å². The first-order valence-electron chi connectivity index (χ1n) is 7.86. The quantitative estimate of drug-likeness (QED) is 0.651. The number of aryl methyl sites for hydroxylation is 1. The predicted octanol–water partition coefficient (Wildman–Crippen LogP) is 3.46. The van der Waals surface area contributed by atoms with Crippen LogP contribution in [-0.2, 0) is 9.53 Å². The number of hydrogen-bond donors (Lipinski definition) is 2. The molecule has 0 saturated carbocycles. The summed E-state index contributed by atoms with van der Waals surface area (Å²) in [6.07, 6.45) is -0.466. The Hall–Kier alpha value is -2.82. The SMILES string of the molecule is CCC(OC(=O)c1ccc(N)cc1)C(=O)Nc1cccc(C)c1C. The van der Waals surface area contributed by atoms with E-state index in [-0.39, 0.29) is 5.91 Å². The van der Waals surface area contributed by atoms with Crippen LogP contribution in [0.15, 0.2) is 42.5 Å². The first kappa shape index (κ1) is 17.5. The Morgan fingerprint density at radius 3 is 2.42 bits per heavy atom. The van der Waals surface area contributed by atoms with Gasteiger partial charge in [0, 0.05) is 11.4 Å². The number of hydrogen-bond acceptors (Lipinski definition) is 4. The van der Waals surface area contributed by atoms with Crippen molar-refractivity contribution in [1.82, 2.24) is 0 Å². The highest BCUT2D eigenvalue weighted by molar-refractivity contribution is 5.98. The Balaban J connectivity index is 2.07.